The van der Waals surface area contributed by atoms with Crippen LogP contribution in [0.2, 0.25) is 0 Å². The van der Waals surface area contributed by atoms with Crippen LogP contribution in [-0.4, -0.2) is 5.97 Å². The summed E-state index contributed by atoms with van der Waals surface area (Å²) in [4.78, 5) is 11.6. The molecule has 0 radical (unpaired) electrons. The van der Waals surface area contributed by atoms with Gasteiger partial charge in [0.05, 0.1) is 6.42 Å². The van der Waals surface area contributed by atoms with Gasteiger partial charge in [-0.15, -0.1) is 0 Å². The quantitative estimate of drug-likeness (QED) is 0.611. The van der Waals surface area contributed by atoms with Crippen LogP contribution in [-0.2, 0) is 16.0 Å². The predicted molar refractivity (Wildman–Crippen MR) is 76.7 cm³/mol. The molecule has 1 heterocycles. The van der Waals surface area contributed by atoms with E-state index < -0.39 is 0 Å². The lowest BCUT2D eigenvalue weighted by Crippen LogP contribution is -2.16. The van der Waals surface area contributed by atoms with Crippen LogP contribution in [0.25, 0.3) is 5.76 Å². The second-order valence-electron chi connectivity index (χ2n) is 4.15. The average Bonchev–Trinajstić information content (AvgIpc) is 2.34. The van der Waals surface area contributed by atoms with Gasteiger partial charge in [-0.2, -0.15) is 0 Å². The summed E-state index contributed by atoms with van der Waals surface area (Å²) in [6.07, 6.45) is 3.64. The average molecular weight is 342 g/mol. The summed E-state index contributed by atoms with van der Waals surface area (Å²) < 4.78 is 6.55. The number of carbonyl (C=O) groups is 1. The molecular weight excluding hydrogens is 327 g/mol. The summed E-state index contributed by atoms with van der Waals surface area (Å²) in [5.41, 5.74) is 2.15. The van der Waals surface area contributed by atoms with Crippen LogP contribution in [0, 0.1) is 0 Å². The molecule has 0 unspecified atom stereocenters. The molecule has 17 heavy (non-hydrogen) atoms. The van der Waals surface area contributed by atoms with E-state index in [-0.39, 0.29) is 5.97 Å². The number of esters is 1. The number of carbonyl (C=O) groups excluding carboxylic acids is 1. The van der Waals surface area contributed by atoms with E-state index in [0.717, 1.165) is 39.7 Å². The molecule has 90 valence electrons. The number of cyclic esters (lactones) is 1. The molecule has 2 nitrogen and oxygen atoms in total. The Kier molecular flexibility index (Phi) is 4.20. The van der Waals surface area contributed by atoms with E-state index in [1.54, 1.807) is 0 Å². The van der Waals surface area contributed by atoms with Gasteiger partial charge < -0.3 is 4.74 Å². The maximum Gasteiger partial charge on any atom is 0.315 e. The van der Waals surface area contributed by atoms with Crippen LogP contribution in [0.5, 0.6) is 0 Å². The first-order valence-electron chi connectivity index (χ1n) is 5.90. The van der Waals surface area contributed by atoms with E-state index in [4.69, 9.17) is 4.74 Å². The Bertz CT molecular complexity index is 463. The Morgan fingerprint density at radius 3 is 2.94 bits per heavy atom. The van der Waals surface area contributed by atoms with Crippen LogP contribution in [0.3, 0.4) is 0 Å². The van der Waals surface area contributed by atoms with Gasteiger partial charge in [0.1, 0.15) is 5.76 Å². The third-order valence-corrected chi connectivity index (χ3v) is 3.84. The summed E-state index contributed by atoms with van der Waals surface area (Å²) in [7, 11) is 0. The number of allylic oxidation sites excluding steroid dienone is 1. The van der Waals surface area contributed by atoms with E-state index >= 15 is 0 Å². The second-order valence-corrected chi connectivity index (χ2v) is 5.45. The summed E-state index contributed by atoms with van der Waals surface area (Å²) in [6, 6.07) is 7.98. The molecule has 1 aromatic rings. The van der Waals surface area contributed by atoms with Crippen molar-refractivity contribution in [3.8, 4) is 0 Å². The summed E-state index contributed by atoms with van der Waals surface area (Å²) >= 11 is 2.29. The minimum Gasteiger partial charge on any atom is -0.425 e. The van der Waals surface area contributed by atoms with Crippen LogP contribution < -0.4 is 0 Å². The van der Waals surface area contributed by atoms with Gasteiger partial charge >= 0.3 is 5.97 Å². The fraction of sp³-hybridized carbons (Fsp3) is 0.357. The number of fused-ring (bicyclic) bond motifs is 1. The molecule has 1 aromatic carbocycles. The fourth-order valence-corrected chi connectivity index (χ4v) is 2.69. The van der Waals surface area contributed by atoms with Crippen molar-refractivity contribution in [2.24, 2.45) is 0 Å². The minimum atomic E-state index is -0.149. The van der Waals surface area contributed by atoms with Gasteiger partial charge in [-0.05, 0) is 41.0 Å². The highest BCUT2D eigenvalue weighted by Crippen LogP contribution is 2.33. The molecule has 0 saturated heterocycles. The smallest absolute Gasteiger partial charge is 0.315 e. The van der Waals surface area contributed by atoms with Crippen molar-refractivity contribution >= 4 is 34.3 Å². The Morgan fingerprint density at radius 1 is 1.41 bits per heavy atom. The summed E-state index contributed by atoms with van der Waals surface area (Å²) in [5, 5.41) is 0. The third kappa shape index (κ3) is 2.89. The first kappa shape index (κ1) is 12.6. The van der Waals surface area contributed by atoms with Crippen molar-refractivity contribution in [3.63, 3.8) is 0 Å². The topological polar surface area (TPSA) is 26.3 Å². The Labute approximate surface area is 115 Å². The molecule has 3 heteroatoms. The van der Waals surface area contributed by atoms with Crippen LogP contribution in [0.4, 0.5) is 0 Å². The van der Waals surface area contributed by atoms with Gasteiger partial charge in [-0.3, -0.25) is 4.79 Å². The lowest BCUT2D eigenvalue weighted by molar-refractivity contribution is -0.136. The molecule has 2 rings (SSSR count). The Hall–Kier alpha value is -0.840. The maximum atomic E-state index is 11.6. The molecule has 1 aliphatic rings. The molecule has 0 aromatic heterocycles. The molecule has 0 saturated carbocycles. The molecule has 0 amide bonds. The first-order valence-corrected chi connectivity index (χ1v) is 6.98. The third-order valence-electron chi connectivity index (χ3n) is 2.81. The van der Waals surface area contributed by atoms with Crippen molar-refractivity contribution < 1.29 is 9.53 Å². The highest BCUT2D eigenvalue weighted by atomic mass is 127. The highest BCUT2D eigenvalue weighted by Gasteiger charge is 2.23. The number of hydrogen-bond donors (Lipinski definition) is 0. The summed E-state index contributed by atoms with van der Waals surface area (Å²) in [6.45, 7) is 2.16. The van der Waals surface area contributed by atoms with Crippen molar-refractivity contribution in [2.45, 2.75) is 32.6 Å². The van der Waals surface area contributed by atoms with Crippen LogP contribution in [0.15, 0.2) is 27.8 Å². The minimum absolute atomic E-state index is 0.149. The van der Waals surface area contributed by atoms with Crippen molar-refractivity contribution in [2.75, 3.05) is 0 Å². The maximum absolute atomic E-state index is 11.6. The molecule has 0 atom stereocenters. The largest absolute Gasteiger partial charge is 0.425 e. The number of unbranched alkanes of at least 4 members (excludes halogenated alkanes) is 1. The normalized spacial score (nSPS) is 17.4. The van der Waals surface area contributed by atoms with Crippen LogP contribution in [0.1, 0.15) is 37.3 Å². The molecule has 1 aliphatic heterocycles. The van der Waals surface area contributed by atoms with Crippen molar-refractivity contribution in [1.82, 2.24) is 0 Å². The summed E-state index contributed by atoms with van der Waals surface area (Å²) in [5.74, 6) is 0.621. The van der Waals surface area contributed by atoms with E-state index in [0.29, 0.717) is 6.42 Å². The Morgan fingerprint density at radius 2 is 2.18 bits per heavy atom. The standard InChI is InChI=1S/C14H15IO2/c1-2-3-8-12(15)14-11-7-5-4-6-10(11)9-13(16)17-14/h4-7H,2-3,8-9H2,1H3/b14-12-. The predicted octanol–water partition coefficient (Wildman–Crippen LogP) is 4.08. The van der Waals surface area contributed by atoms with Gasteiger partial charge in [-0.1, -0.05) is 37.6 Å². The zero-order valence-corrected chi connectivity index (χ0v) is 12.0. The van der Waals surface area contributed by atoms with Crippen LogP contribution >= 0.6 is 22.6 Å². The second kappa shape index (κ2) is 5.67. The highest BCUT2D eigenvalue weighted by molar-refractivity contribution is 14.1. The first-order chi connectivity index (χ1) is 8.22. The molecule has 0 spiro atoms. The number of rotatable bonds is 3. The Balaban J connectivity index is 2.38. The lowest BCUT2D eigenvalue weighted by atomic mass is 10.00. The van der Waals surface area contributed by atoms with E-state index in [1.807, 2.05) is 24.3 Å². The molecule has 0 fully saturated rings. The van der Waals surface area contributed by atoms with E-state index in [2.05, 4.69) is 29.5 Å². The molecule has 0 N–H and O–H groups in total. The van der Waals surface area contributed by atoms with Crippen molar-refractivity contribution in [1.29, 1.82) is 0 Å². The number of hydrogen-bond acceptors (Lipinski definition) is 2. The SMILES string of the molecule is CCCC/C(I)=C1/OC(=O)Cc2ccccc21. The van der Waals surface area contributed by atoms with Gasteiger partial charge in [0.25, 0.3) is 0 Å². The number of halogens is 1. The number of ether oxygens (including phenoxy) is 1. The van der Waals surface area contributed by atoms with Gasteiger partial charge in [0.15, 0.2) is 0 Å². The molecular formula is C14H15IO2. The monoisotopic (exact) mass is 342 g/mol. The molecule has 0 bridgehead atoms. The zero-order chi connectivity index (χ0) is 12.3. The van der Waals surface area contributed by atoms with Gasteiger partial charge in [0, 0.05) is 9.14 Å². The van der Waals surface area contributed by atoms with Crippen molar-refractivity contribution in [3.05, 3.63) is 39.0 Å². The van der Waals surface area contributed by atoms with E-state index in [1.165, 1.54) is 0 Å². The molecule has 0 aliphatic carbocycles. The number of benzene rings is 1. The fourth-order valence-electron chi connectivity index (χ4n) is 1.90. The van der Waals surface area contributed by atoms with Gasteiger partial charge in [-0.25, -0.2) is 0 Å². The zero-order valence-electron chi connectivity index (χ0n) is 9.83. The van der Waals surface area contributed by atoms with Gasteiger partial charge in [0.2, 0.25) is 0 Å². The van der Waals surface area contributed by atoms with E-state index in [9.17, 15) is 4.79 Å². The lowest BCUT2D eigenvalue weighted by Gasteiger charge is -2.20.